The first-order chi connectivity index (χ1) is 13.4. The van der Waals surface area contributed by atoms with Crippen molar-refractivity contribution in [2.45, 2.75) is 11.5 Å². The lowest BCUT2D eigenvalue weighted by Crippen LogP contribution is -2.40. The van der Waals surface area contributed by atoms with Gasteiger partial charge in [-0.25, -0.2) is 18.2 Å². The molecule has 0 amide bonds. The van der Waals surface area contributed by atoms with Gasteiger partial charge in [0, 0.05) is 30.9 Å². The summed E-state index contributed by atoms with van der Waals surface area (Å²) in [5.74, 6) is -0.514. The molecule has 148 valence electrons. The van der Waals surface area contributed by atoms with Gasteiger partial charge in [-0.2, -0.15) is 4.31 Å². The fourth-order valence-corrected chi connectivity index (χ4v) is 4.07. The van der Waals surface area contributed by atoms with E-state index in [0.717, 1.165) is 5.56 Å². The fraction of sp³-hybridized carbons (Fsp3) is 0.263. The van der Waals surface area contributed by atoms with Crippen LogP contribution in [0.4, 0.5) is 0 Å². The number of morpholine rings is 1. The molecule has 1 fully saturated rings. The highest BCUT2D eigenvalue weighted by Gasteiger charge is 2.25. The predicted octanol–water partition coefficient (Wildman–Crippen LogP) is 2.51. The molecular weight excluding hydrogens is 404 g/mol. The molecule has 9 heteroatoms. The number of rotatable bonds is 6. The van der Waals surface area contributed by atoms with E-state index in [1.54, 1.807) is 30.3 Å². The van der Waals surface area contributed by atoms with Gasteiger partial charge in [0.25, 0.3) is 0 Å². The number of esters is 1. The summed E-state index contributed by atoms with van der Waals surface area (Å²) >= 11 is 5.70. The second-order valence-corrected chi connectivity index (χ2v) is 8.34. The SMILES string of the molecule is O=C(/C=C/c1ccc(S(=O)(=O)N2CCOCC2)cc1)OCc1ccc(Cl)nc1. The molecule has 0 atom stereocenters. The first kappa shape index (κ1) is 20.5. The molecule has 0 bridgehead atoms. The zero-order valence-electron chi connectivity index (χ0n) is 15.0. The van der Waals surface area contributed by atoms with E-state index in [9.17, 15) is 13.2 Å². The van der Waals surface area contributed by atoms with Crippen molar-refractivity contribution in [3.05, 3.63) is 65.0 Å². The topological polar surface area (TPSA) is 85.8 Å². The molecule has 1 aliphatic heterocycles. The first-order valence-electron chi connectivity index (χ1n) is 8.58. The third kappa shape index (κ3) is 5.39. The molecule has 0 unspecified atom stereocenters. The van der Waals surface area contributed by atoms with E-state index in [-0.39, 0.29) is 11.5 Å². The van der Waals surface area contributed by atoms with Crippen LogP contribution < -0.4 is 0 Å². The van der Waals surface area contributed by atoms with Gasteiger partial charge in [0.1, 0.15) is 11.8 Å². The predicted molar refractivity (Wildman–Crippen MR) is 104 cm³/mol. The molecule has 0 N–H and O–H groups in total. The largest absolute Gasteiger partial charge is 0.458 e. The summed E-state index contributed by atoms with van der Waals surface area (Å²) in [5, 5.41) is 0.369. The van der Waals surface area contributed by atoms with Crippen LogP contribution in [0.25, 0.3) is 6.08 Å². The third-order valence-electron chi connectivity index (χ3n) is 4.07. The summed E-state index contributed by atoms with van der Waals surface area (Å²) in [5.41, 5.74) is 1.41. The van der Waals surface area contributed by atoms with Crippen molar-refractivity contribution in [2.75, 3.05) is 26.3 Å². The van der Waals surface area contributed by atoms with E-state index in [1.807, 2.05) is 0 Å². The van der Waals surface area contributed by atoms with Crippen molar-refractivity contribution in [3.8, 4) is 0 Å². The van der Waals surface area contributed by atoms with Crippen molar-refractivity contribution in [1.82, 2.24) is 9.29 Å². The molecular formula is C19H19ClN2O5S. The summed E-state index contributed by atoms with van der Waals surface area (Å²) in [6, 6.07) is 9.66. The number of halogens is 1. The highest BCUT2D eigenvalue weighted by molar-refractivity contribution is 7.89. The molecule has 1 aromatic heterocycles. The van der Waals surface area contributed by atoms with Crippen molar-refractivity contribution in [1.29, 1.82) is 0 Å². The number of carbonyl (C=O) groups is 1. The maximum Gasteiger partial charge on any atom is 0.331 e. The average Bonchev–Trinajstić information content (AvgIpc) is 2.73. The normalized spacial score (nSPS) is 15.6. The Morgan fingerprint density at radius 3 is 2.54 bits per heavy atom. The van der Waals surface area contributed by atoms with E-state index < -0.39 is 16.0 Å². The highest BCUT2D eigenvalue weighted by Crippen LogP contribution is 2.18. The number of nitrogens with zero attached hydrogens (tertiary/aromatic N) is 2. The minimum absolute atomic E-state index is 0.0874. The van der Waals surface area contributed by atoms with Crippen LogP contribution in [-0.2, 0) is 30.9 Å². The van der Waals surface area contributed by atoms with E-state index in [2.05, 4.69) is 4.98 Å². The Hall–Kier alpha value is -2.26. The van der Waals surface area contributed by atoms with Crippen LogP contribution in [0.1, 0.15) is 11.1 Å². The number of pyridine rings is 1. The molecule has 3 rings (SSSR count). The maximum atomic E-state index is 12.6. The van der Waals surface area contributed by atoms with Crippen molar-refractivity contribution >= 4 is 33.7 Å². The summed E-state index contributed by atoms with van der Waals surface area (Å²) in [7, 11) is -3.53. The van der Waals surface area contributed by atoms with Crippen LogP contribution in [0, 0.1) is 0 Å². The quantitative estimate of drug-likeness (QED) is 0.404. The Morgan fingerprint density at radius 2 is 1.89 bits per heavy atom. The summed E-state index contributed by atoms with van der Waals surface area (Å²) < 4.78 is 36.9. The van der Waals surface area contributed by atoms with Gasteiger partial charge in [0.15, 0.2) is 0 Å². The van der Waals surface area contributed by atoms with Gasteiger partial charge in [0.05, 0.1) is 18.1 Å². The third-order valence-corrected chi connectivity index (χ3v) is 6.21. The molecule has 2 heterocycles. The van der Waals surface area contributed by atoms with Crippen LogP contribution in [0.15, 0.2) is 53.6 Å². The Morgan fingerprint density at radius 1 is 1.18 bits per heavy atom. The number of ether oxygens (including phenoxy) is 2. The van der Waals surface area contributed by atoms with Gasteiger partial charge in [-0.3, -0.25) is 0 Å². The molecule has 0 aliphatic carbocycles. The van der Waals surface area contributed by atoms with Crippen LogP contribution in [0.2, 0.25) is 5.15 Å². The van der Waals surface area contributed by atoms with Crippen LogP contribution in [0.5, 0.6) is 0 Å². The Kier molecular flexibility index (Phi) is 6.79. The van der Waals surface area contributed by atoms with Crippen molar-refractivity contribution in [2.24, 2.45) is 0 Å². The molecule has 0 saturated carbocycles. The molecule has 2 aromatic rings. The molecule has 0 radical (unpaired) electrons. The fourth-order valence-electron chi connectivity index (χ4n) is 2.55. The monoisotopic (exact) mass is 422 g/mol. The minimum Gasteiger partial charge on any atom is -0.458 e. The van der Waals surface area contributed by atoms with Gasteiger partial charge in [-0.15, -0.1) is 0 Å². The van der Waals surface area contributed by atoms with Crippen molar-refractivity contribution in [3.63, 3.8) is 0 Å². The van der Waals surface area contributed by atoms with Crippen LogP contribution >= 0.6 is 11.6 Å². The average molecular weight is 423 g/mol. The van der Waals surface area contributed by atoms with Crippen LogP contribution in [-0.4, -0.2) is 50.0 Å². The summed E-state index contributed by atoms with van der Waals surface area (Å²) in [4.78, 5) is 15.9. The molecule has 0 spiro atoms. The van der Waals surface area contributed by atoms with E-state index >= 15 is 0 Å². The van der Waals surface area contributed by atoms with Gasteiger partial charge < -0.3 is 9.47 Å². The number of sulfonamides is 1. The second-order valence-electron chi connectivity index (χ2n) is 6.02. The van der Waals surface area contributed by atoms with Crippen molar-refractivity contribution < 1.29 is 22.7 Å². The molecule has 28 heavy (non-hydrogen) atoms. The number of hydrogen-bond acceptors (Lipinski definition) is 6. The number of hydrogen-bond donors (Lipinski definition) is 0. The lowest BCUT2D eigenvalue weighted by Gasteiger charge is -2.26. The van der Waals surface area contributed by atoms with E-state index in [1.165, 1.54) is 28.7 Å². The first-order valence-corrected chi connectivity index (χ1v) is 10.4. The smallest absolute Gasteiger partial charge is 0.331 e. The summed E-state index contributed by atoms with van der Waals surface area (Å²) in [6.45, 7) is 1.57. The zero-order valence-corrected chi connectivity index (χ0v) is 16.5. The Balaban J connectivity index is 1.57. The Bertz CT molecular complexity index is 937. The molecule has 7 nitrogen and oxygen atoms in total. The minimum atomic E-state index is -3.53. The molecule has 1 saturated heterocycles. The lowest BCUT2D eigenvalue weighted by molar-refractivity contribution is -0.138. The van der Waals surface area contributed by atoms with Crippen LogP contribution in [0.3, 0.4) is 0 Å². The van der Waals surface area contributed by atoms with Gasteiger partial charge in [0.2, 0.25) is 10.0 Å². The number of aromatic nitrogens is 1. The highest BCUT2D eigenvalue weighted by atomic mass is 35.5. The summed E-state index contributed by atoms with van der Waals surface area (Å²) in [6.07, 6.45) is 4.38. The lowest BCUT2D eigenvalue weighted by atomic mass is 10.2. The molecule has 1 aromatic carbocycles. The van der Waals surface area contributed by atoms with Gasteiger partial charge in [-0.1, -0.05) is 29.8 Å². The number of carbonyl (C=O) groups excluding carboxylic acids is 1. The number of benzene rings is 1. The molecule has 1 aliphatic rings. The van der Waals surface area contributed by atoms with E-state index in [4.69, 9.17) is 21.1 Å². The Labute approximate surface area is 168 Å². The van der Waals surface area contributed by atoms with E-state index in [0.29, 0.717) is 37.0 Å². The maximum absolute atomic E-state index is 12.6. The van der Waals surface area contributed by atoms with Gasteiger partial charge >= 0.3 is 5.97 Å². The van der Waals surface area contributed by atoms with Gasteiger partial charge in [-0.05, 0) is 29.8 Å². The second kappa shape index (κ2) is 9.29. The standard InChI is InChI=1S/C19H19ClN2O5S/c20-18-7-3-16(13-21-18)14-27-19(23)8-4-15-1-5-17(6-2-15)28(24,25)22-9-11-26-12-10-22/h1-8,13H,9-12,14H2/b8-4+. The zero-order chi connectivity index (χ0) is 20.0.